The van der Waals surface area contributed by atoms with Crippen LogP contribution in [0.15, 0.2) is 42.5 Å². The fraction of sp³-hybridized carbons (Fsp3) is 0.400. The van der Waals surface area contributed by atoms with Gasteiger partial charge in [-0.05, 0) is 24.0 Å². The first-order chi connectivity index (χ1) is 8.09. The summed E-state index contributed by atoms with van der Waals surface area (Å²) in [7, 11) is 0. The molecule has 1 rings (SSSR count). The Morgan fingerprint density at radius 3 is 2.53 bits per heavy atom. The van der Waals surface area contributed by atoms with Crippen LogP contribution in [0, 0.1) is 5.92 Å². The van der Waals surface area contributed by atoms with Gasteiger partial charge in [0.2, 0.25) is 0 Å². The predicted octanol–water partition coefficient (Wildman–Crippen LogP) is 2.76. The number of aliphatic hydroxyl groups excluding tert-OH is 1. The van der Waals surface area contributed by atoms with Crippen molar-refractivity contribution in [3.05, 3.63) is 48.0 Å². The number of hydrogen-bond donors (Lipinski definition) is 1. The topological polar surface area (TPSA) is 37.3 Å². The van der Waals surface area contributed by atoms with Crippen LogP contribution in [-0.2, 0) is 11.2 Å². The van der Waals surface area contributed by atoms with E-state index in [1.807, 2.05) is 44.2 Å². The van der Waals surface area contributed by atoms with Crippen LogP contribution in [0.25, 0.3) is 0 Å². The molecule has 0 spiro atoms. The molecule has 0 aliphatic carbocycles. The molecule has 0 radical (unpaired) electrons. The highest BCUT2D eigenvalue weighted by molar-refractivity contribution is 5.89. The maximum atomic E-state index is 11.5. The zero-order valence-corrected chi connectivity index (χ0v) is 10.5. The highest BCUT2D eigenvalue weighted by atomic mass is 16.3. The molecule has 0 aliphatic rings. The molecule has 17 heavy (non-hydrogen) atoms. The van der Waals surface area contributed by atoms with Crippen LogP contribution < -0.4 is 0 Å². The van der Waals surface area contributed by atoms with E-state index in [1.54, 1.807) is 6.08 Å². The molecular formula is C15H20O2. The van der Waals surface area contributed by atoms with Crippen LogP contribution in [0.4, 0.5) is 0 Å². The van der Waals surface area contributed by atoms with Crippen LogP contribution >= 0.6 is 0 Å². The van der Waals surface area contributed by atoms with Gasteiger partial charge < -0.3 is 5.11 Å². The van der Waals surface area contributed by atoms with E-state index in [4.69, 9.17) is 0 Å². The molecule has 1 aromatic rings. The van der Waals surface area contributed by atoms with E-state index < -0.39 is 6.10 Å². The highest BCUT2D eigenvalue weighted by Gasteiger charge is 2.05. The van der Waals surface area contributed by atoms with Crippen LogP contribution in [0.3, 0.4) is 0 Å². The zero-order chi connectivity index (χ0) is 12.7. The number of aliphatic hydroxyl groups is 1. The number of allylic oxidation sites excluding steroid dienone is 1. The summed E-state index contributed by atoms with van der Waals surface area (Å²) in [5.74, 6) is 0.210. The average molecular weight is 232 g/mol. The van der Waals surface area contributed by atoms with Gasteiger partial charge in [-0.1, -0.05) is 50.3 Å². The maximum absolute atomic E-state index is 11.5. The molecule has 1 N–H and O–H groups in total. The molecule has 1 aromatic carbocycles. The van der Waals surface area contributed by atoms with Crippen molar-refractivity contribution in [1.29, 1.82) is 0 Å². The molecule has 0 bridgehead atoms. The van der Waals surface area contributed by atoms with Crippen molar-refractivity contribution in [1.82, 2.24) is 0 Å². The first-order valence-electron chi connectivity index (χ1n) is 6.02. The summed E-state index contributed by atoms with van der Waals surface area (Å²) >= 11 is 0. The van der Waals surface area contributed by atoms with Crippen molar-refractivity contribution >= 4 is 5.78 Å². The lowest BCUT2D eigenvalue weighted by Crippen LogP contribution is -2.11. The number of carbonyl (C=O) groups excluding carboxylic acids is 1. The Labute approximate surface area is 103 Å². The van der Waals surface area contributed by atoms with Crippen LogP contribution in [0.1, 0.15) is 25.8 Å². The minimum Gasteiger partial charge on any atom is -0.389 e. The van der Waals surface area contributed by atoms with Crippen LogP contribution in [0.5, 0.6) is 0 Å². The van der Waals surface area contributed by atoms with Gasteiger partial charge in [0.15, 0.2) is 5.78 Å². The second-order valence-electron chi connectivity index (χ2n) is 4.55. The number of carbonyl (C=O) groups is 1. The summed E-state index contributed by atoms with van der Waals surface area (Å²) in [4.78, 5) is 11.5. The zero-order valence-electron chi connectivity index (χ0n) is 10.5. The van der Waals surface area contributed by atoms with Crippen molar-refractivity contribution in [2.75, 3.05) is 0 Å². The monoisotopic (exact) mass is 232 g/mol. The normalized spacial score (nSPS) is 13.2. The van der Waals surface area contributed by atoms with E-state index in [1.165, 1.54) is 11.6 Å². The first kappa shape index (κ1) is 13.7. The average Bonchev–Trinajstić information content (AvgIpc) is 2.34. The third-order valence-corrected chi connectivity index (χ3v) is 2.67. The largest absolute Gasteiger partial charge is 0.389 e. The Balaban J connectivity index is 2.36. The van der Waals surface area contributed by atoms with Crippen molar-refractivity contribution in [2.45, 2.75) is 32.8 Å². The summed E-state index contributed by atoms with van der Waals surface area (Å²) in [5.41, 5.74) is 1.17. The Morgan fingerprint density at radius 1 is 1.29 bits per heavy atom. The van der Waals surface area contributed by atoms with Crippen LogP contribution in [-0.4, -0.2) is 17.0 Å². The summed E-state index contributed by atoms with van der Waals surface area (Å²) in [6, 6.07) is 9.93. The SMILES string of the molecule is CC(C)[C@@H](O)/C=C/C(=O)CCc1ccccc1. The number of benzene rings is 1. The molecule has 2 heteroatoms. The van der Waals surface area contributed by atoms with Gasteiger partial charge in [-0.25, -0.2) is 0 Å². The molecule has 0 unspecified atom stereocenters. The molecule has 1 atom stereocenters. The van der Waals surface area contributed by atoms with Gasteiger partial charge >= 0.3 is 0 Å². The van der Waals surface area contributed by atoms with Gasteiger partial charge in [-0.3, -0.25) is 4.79 Å². The molecule has 92 valence electrons. The second-order valence-corrected chi connectivity index (χ2v) is 4.55. The standard InChI is InChI=1S/C15H20O2/c1-12(2)15(17)11-10-14(16)9-8-13-6-4-3-5-7-13/h3-7,10-12,15,17H,8-9H2,1-2H3/b11-10+/t15-/m0/s1. The lowest BCUT2D eigenvalue weighted by atomic mass is 10.0. The first-order valence-corrected chi connectivity index (χ1v) is 6.02. The molecule has 0 aliphatic heterocycles. The number of aryl methyl sites for hydroxylation is 1. The number of ketones is 1. The smallest absolute Gasteiger partial charge is 0.155 e. The third-order valence-electron chi connectivity index (χ3n) is 2.67. The van der Waals surface area contributed by atoms with E-state index in [9.17, 15) is 9.90 Å². The van der Waals surface area contributed by atoms with Crippen LogP contribution in [0.2, 0.25) is 0 Å². The number of rotatable bonds is 6. The summed E-state index contributed by atoms with van der Waals surface area (Å²) < 4.78 is 0. The Kier molecular flexibility index (Phi) is 5.64. The fourth-order valence-electron chi connectivity index (χ4n) is 1.42. The summed E-state index contributed by atoms with van der Waals surface area (Å²) in [5, 5.41) is 9.52. The molecule has 0 saturated heterocycles. The van der Waals surface area contributed by atoms with E-state index in [0.29, 0.717) is 6.42 Å². The van der Waals surface area contributed by atoms with Crippen molar-refractivity contribution in [3.63, 3.8) is 0 Å². The minimum absolute atomic E-state index is 0.0635. The highest BCUT2D eigenvalue weighted by Crippen LogP contribution is 2.05. The van der Waals surface area contributed by atoms with E-state index in [2.05, 4.69) is 0 Å². The van der Waals surface area contributed by atoms with Gasteiger partial charge in [0.1, 0.15) is 0 Å². The van der Waals surface area contributed by atoms with E-state index >= 15 is 0 Å². The lowest BCUT2D eigenvalue weighted by Gasteiger charge is -2.08. The lowest BCUT2D eigenvalue weighted by molar-refractivity contribution is -0.114. The predicted molar refractivity (Wildman–Crippen MR) is 69.8 cm³/mol. The molecule has 0 amide bonds. The number of hydrogen-bond acceptors (Lipinski definition) is 2. The minimum atomic E-state index is -0.532. The maximum Gasteiger partial charge on any atom is 0.155 e. The molecular weight excluding hydrogens is 212 g/mol. The molecule has 0 fully saturated rings. The molecule has 0 heterocycles. The van der Waals surface area contributed by atoms with Crippen molar-refractivity contribution in [3.8, 4) is 0 Å². The Bertz CT molecular complexity index is 366. The fourth-order valence-corrected chi connectivity index (χ4v) is 1.42. The quantitative estimate of drug-likeness (QED) is 0.766. The van der Waals surface area contributed by atoms with Gasteiger partial charge in [0, 0.05) is 6.42 Å². The Morgan fingerprint density at radius 2 is 1.94 bits per heavy atom. The second kappa shape index (κ2) is 7.02. The van der Waals surface area contributed by atoms with Gasteiger partial charge in [-0.2, -0.15) is 0 Å². The van der Waals surface area contributed by atoms with Gasteiger partial charge in [-0.15, -0.1) is 0 Å². The summed E-state index contributed by atoms with van der Waals surface area (Å²) in [6.07, 6.45) is 3.79. The third kappa shape index (κ3) is 5.45. The Hall–Kier alpha value is -1.41. The van der Waals surface area contributed by atoms with Crippen molar-refractivity contribution in [2.24, 2.45) is 5.92 Å². The summed E-state index contributed by atoms with van der Waals surface area (Å²) in [6.45, 7) is 3.84. The van der Waals surface area contributed by atoms with Crippen molar-refractivity contribution < 1.29 is 9.90 Å². The molecule has 2 nitrogen and oxygen atoms in total. The van der Waals surface area contributed by atoms with Gasteiger partial charge in [0.25, 0.3) is 0 Å². The van der Waals surface area contributed by atoms with E-state index in [0.717, 1.165) is 6.42 Å². The molecule has 0 aromatic heterocycles. The molecule has 0 saturated carbocycles. The van der Waals surface area contributed by atoms with Gasteiger partial charge in [0.05, 0.1) is 6.10 Å². The van der Waals surface area contributed by atoms with E-state index in [-0.39, 0.29) is 11.7 Å².